The molecule has 7 heteroatoms. The number of Topliss-reactive ketones (excluding diaryl/α,β-unsaturated/α-hetero) is 1. The van der Waals surface area contributed by atoms with Gasteiger partial charge in [0.1, 0.15) is 5.92 Å². The summed E-state index contributed by atoms with van der Waals surface area (Å²) in [7, 11) is 2.77. The average molecular weight is 408 g/mol. The number of allylic oxidation sites excluding steroid dienone is 1. The van der Waals surface area contributed by atoms with Gasteiger partial charge in [-0.3, -0.25) is 9.59 Å². The van der Waals surface area contributed by atoms with Crippen molar-refractivity contribution in [1.82, 2.24) is 0 Å². The number of nitrogens with one attached hydrogen (secondary N) is 2. The number of benzene rings is 2. The topological polar surface area (TPSA) is 96.9 Å². The van der Waals surface area contributed by atoms with Crippen LogP contribution in [-0.4, -0.2) is 31.1 Å². The number of para-hydroxylation sites is 2. The number of ketones is 1. The molecular weight excluding hydrogens is 384 g/mol. The van der Waals surface area contributed by atoms with Crippen LogP contribution in [-0.2, 0) is 14.3 Å². The molecule has 0 bridgehead atoms. The number of phenolic OH excluding ortho intramolecular Hbond substituents is 1. The Morgan fingerprint density at radius 3 is 2.53 bits per heavy atom. The highest BCUT2D eigenvalue weighted by molar-refractivity contribution is 6.11. The molecule has 4 rings (SSSR count). The normalized spacial score (nSPS) is 22.8. The third-order valence-electron chi connectivity index (χ3n) is 5.76. The van der Waals surface area contributed by atoms with Gasteiger partial charge >= 0.3 is 5.97 Å². The van der Waals surface area contributed by atoms with Gasteiger partial charge in [0.15, 0.2) is 17.3 Å². The van der Waals surface area contributed by atoms with Crippen LogP contribution in [0.15, 0.2) is 53.7 Å². The molecule has 0 spiro atoms. The Kier molecular flexibility index (Phi) is 5.11. The summed E-state index contributed by atoms with van der Waals surface area (Å²) in [5, 5.41) is 17.1. The Morgan fingerprint density at radius 1 is 1.13 bits per heavy atom. The number of fused-ring (bicyclic) bond motifs is 1. The number of phenols is 1. The number of anilines is 2. The van der Waals surface area contributed by atoms with E-state index >= 15 is 0 Å². The first kappa shape index (κ1) is 19.8. The molecule has 2 aromatic rings. The van der Waals surface area contributed by atoms with Crippen LogP contribution in [0.4, 0.5) is 11.4 Å². The van der Waals surface area contributed by atoms with Crippen LogP contribution < -0.4 is 15.4 Å². The molecular formula is C23H24N2O5. The zero-order chi connectivity index (χ0) is 21.4. The molecule has 3 atom stereocenters. The smallest absolute Gasteiger partial charge is 0.316 e. The lowest BCUT2D eigenvalue weighted by atomic mass is 9.75. The van der Waals surface area contributed by atoms with Gasteiger partial charge in [-0.05, 0) is 42.2 Å². The van der Waals surface area contributed by atoms with Gasteiger partial charge in [0, 0.05) is 11.3 Å². The number of carbonyl (C=O) groups excluding carboxylic acids is 2. The summed E-state index contributed by atoms with van der Waals surface area (Å²) in [5.74, 6) is -1.55. The number of methoxy groups -OCH3 is 2. The first-order valence-corrected chi connectivity index (χ1v) is 9.79. The molecule has 0 saturated heterocycles. The summed E-state index contributed by atoms with van der Waals surface area (Å²) in [6.45, 7) is 1.88. The first-order chi connectivity index (χ1) is 14.4. The van der Waals surface area contributed by atoms with Crippen LogP contribution in [0.1, 0.15) is 24.9 Å². The quantitative estimate of drug-likeness (QED) is 0.527. The van der Waals surface area contributed by atoms with Crippen molar-refractivity contribution in [3.63, 3.8) is 0 Å². The van der Waals surface area contributed by atoms with Crippen LogP contribution in [0.25, 0.3) is 0 Å². The SMILES string of the molecule is COC(=O)[C@H]1C(=O)C2=C(C[C@@H]1C)Nc1ccccc1N[C@H]2c1ccc(OC)c(O)c1. The van der Waals surface area contributed by atoms with Crippen molar-refractivity contribution in [3.05, 3.63) is 59.3 Å². The second-order valence-corrected chi connectivity index (χ2v) is 7.62. The van der Waals surface area contributed by atoms with Gasteiger partial charge in [-0.25, -0.2) is 0 Å². The summed E-state index contributed by atoms with van der Waals surface area (Å²) in [4.78, 5) is 25.9. The molecule has 2 aromatic carbocycles. The number of hydrogen-bond donors (Lipinski definition) is 3. The van der Waals surface area contributed by atoms with Crippen molar-refractivity contribution >= 4 is 23.1 Å². The summed E-state index contributed by atoms with van der Waals surface area (Å²) in [6.07, 6.45) is 0.523. The fraction of sp³-hybridized carbons (Fsp3) is 0.304. The van der Waals surface area contributed by atoms with Crippen LogP contribution >= 0.6 is 0 Å². The molecule has 0 fully saturated rings. The maximum atomic E-state index is 13.5. The van der Waals surface area contributed by atoms with Gasteiger partial charge in [-0.2, -0.15) is 0 Å². The molecule has 0 amide bonds. The molecule has 0 saturated carbocycles. The van der Waals surface area contributed by atoms with Gasteiger partial charge in [-0.1, -0.05) is 25.1 Å². The molecule has 0 unspecified atom stereocenters. The lowest BCUT2D eigenvalue weighted by molar-refractivity contribution is -0.151. The Bertz CT molecular complexity index is 1050. The molecule has 1 aliphatic carbocycles. The molecule has 2 aliphatic rings. The fourth-order valence-electron chi connectivity index (χ4n) is 4.27. The molecule has 0 aromatic heterocycles. The van der Waals surface area contributed by atoms with Crippen LogP contribution in [0, 0.1) is 11.8 Å². The molecule has 3 N–H and O–H groups in total. The van der Waals surface area contributed by atoms with E-state index in [0.29, 0.717) is 23.3 Å². The van der Waals surface area contributed by atoms with E-state index in [1.54, 1.807) is 18.2 Å². The summed E-state index contributed by atoms with van der Waals surface area (Å²) < 4.78 is 10.1. The van der Waals surface area contributed by atoms with Gasteiger partial charge in [0.05, 0.1) is 31.6 Å². The number of esters is 1. The van der Waals surface area contributed by atoms with Crippen molar-refractivity contribution in [2.75, 3.05) is 24.9 Å². The number of ether oxygens (including phenoxy) is 2. The average Bonchev–Trinajstić information content (AvgIpc) is 2.90. The minimum Gasteiger partial charge on any atom is -0.504 e. The minimum absolute atomic E-state index is 0.0226. The number of rotatable bonds is 3. The number of aromatic hydroxyl groups is 1. The third-order valence-corrected chi connectivity index (χ3v) is 5.76. The Balaban J connectivity index is 1.87. The highest BCUT2D eigenvalue weighted by atomic mass is 16.5. The van der Waals surface area contributed by atoms with Crippen LogP contribution in [0.2, 0.25) is 0 Å². The van der Waals surface area contributed by atoms with Gasteiger partial charge in [0.2, 0.25) is 0 Å². The van der Waals surface area contributed by atoms with Gasteiger partial charge in [0.25, 0.3) is 0 Å². The second-order valence-electron chi connectivity index (χ2n) is 7.62. The fourth-order valence-corrected chi connectivity index (χ4v) is 4.27. The summed E-state index contributed by atoms with van der Waals surface area (Å²) in [6, 6.07) is 12.2. The zero-order valence-electron chi connectivity index (χ0n) is 17.1. The lowest BCUT2D eigenvalue weighted by Crippen LogP contribution is -2.39. The van der Waals surface area contributed by atoms with E-state index in [-0.39, 0.29) is 17.5 Å². The second kappa shape index (κ2) is 7.74. The van der Waals surface area contributed by atoms with E-state index in [4.69, 9.17) is 9.47 Å². The molecule has 156 valence electrons. The zero-order valence-corrected chi connectivity index (χ0v) is 17.1. The lowest BCUT2D eigenvalue weighted by Gasteiger charge is -2.32. The van der Waals surface area contributed by atoms with Gasteiger partial charge < -0.3 is 25.2 Å². The van der Waals surface area contributed by atoms with Crippen molar-refractivity contribution in [2.45, 2.75) is 19.4 Å². The van der Waals surface area contributed by atoms with Crippen molar-refractivity contribution in [3.8, 4) is 11.5 Å². The Labute approximate surface area is 174 Å². The van der Waals surface area contributed by atoms with E-state index in [1.807, 2.05) is 31.2 Å². The molecule has 0 radical (unpaired) electrons. The Hall–Kier alpha value is -3.48. The largest absolute Gasteiger partial charge is 0.504 e. The predicted molar refractivity (Wildman–Crippen MR) is 112 cm³/mol. The van der Waals surface area contributed by atoms with Crippen LogP contribution in [0.3, 0.4) is 0 Å². The first-order valence-electron chi connectivity index (χ1n) is 9.79. The van der Waals surface area contributed by atoms with Crippen molar-refractivity contribution in [1.29, 1.82) is 0 Å². The predicted octanol–water partition coefficient (Wildman–Crippen LogP) is 3.63. The van der Waals surface area contributed by atoms with Crippen molar-refractivity contribution < 1.29 is 24.2 Å². The molecule has 7 nitrogen and oxygen atoms in total. The third kappa shape index (κ3) is 3.26. The molecule has 30 heavy (non-hydrogen) atoms. The maximum absolute atomic E-state index is 13.5. The van der Waals surface area contributed by atoms with Crippen LogP contribution in [0.5, 0.6) is 11.5 Å². The highest BCUT2D eigenvalue weighted by Crippen LogP contribution is 2.44. The van der Waals surface area contributed by atoms with E-state index < -0.39 is 17.9 Å². The minimum atomic E-state index is -0.868. The number of carbonyl (C=O) groups is 2. The van der Waals surface area contributed by atoms with Gasteiger partial charge in [-0.15, -0.1) is 0 Å². The molecule has 1 heterocycles. The maximum Gasteiger partial charge on any atom is 0.316 e. The van der Waals surface area contributed by atoms with E-state index in [2.05, 4.69) is 10.6 Å². The van der Waals surface area contributed by atoms with E-state index in [9.17, 15) is 14.7 Å². The van der Waals surface area contributed by atoms with E-state index in [1.165, 1.54) is 14.2 Å². The summed E-state index contributed by atoms with van der Waals surface area (Å²) in [5.41, 5.74) is 3.60. The molecule has 1 aliphatic heterocycles. The van der Waals surface area contributed by atoms with E-state index in [0.717, 1.165) is 17.1 Å². The monoisotopic (exact) mass is 408 g/mol. The highest BCUT2D eigenvalue weighted by Gasteiger charge is 2.44. The summed E-state index contributed by atoms with van der Waals surface area (Å²) >= 11 is 0. The Morgan fingerprint density at radius 2 is 1.87 bits per heavy atom. The van der Waals surface area contributed by atoms with Crippen molar-refractivity contribution in [2.24, 2.45) is 11.8 Å². The standard InChI is InChI=1S/C23H24N2O5/c1-12-10-16-20(22(27)19(12)23(28)30-3)21(13-8-9-18(29-2)17(26)11-13)25-15-7-5-4-6-14(15)24-16/h4-9,11-12,19,21,24-26H,10H2,1-3H3/t12-,19+,21-/m0/s1. The number of hydrogen-bond acceptors (Lipinski definition) is 7.